The lowest BCUT2D eigenvalue weighted by atomic mass is 10.2. The summed E-state index contributed by atoms with van der Waals surface area (Å²) in [7, 11) is 0. The molecule has 1 N–H and O–H groups in total. The first kappa shape index (κ1) is 13.7. The van der Waals surface area contributed by atoms with Gasteiger partial charge in [0.15, 0.2) is 0 Å². The molecule has 16 heavy (non-hydrogen) atoms. The van der Waals surface area contributed by atoms with Gasteiger partial charge in [-0.25, -0.2) is 4.39 Å². The normalized spacial score (nSPS) is 12.2. The van der Waals surface area contributed by atoms with Crippen molar-refractivity contribution in [3.8, 4) is 0 Å². The molecule has 5 heteroatoms. The van der Waals surface area contributed by atoms with Gasteiger partial charge in [0, 0.05) is 10.1 Å². The van der Waals surface area contributed by atoms with E-state index in [1.54, 1.807) is 0 Å². The molecule has 1 unspecified atom stereocenters. The highest BCUT2D eigenvalue weighted by Gasteiger charge is 2.11. The van der Waals surface area contributed by atoms with Crippen LogP contribution in [0.15, 0.2) is 18.2 Å². The van der Waals surface area contributed by atoms with Crippen LogP contribution in [0.4, 0.5) is 4.39 Å². The zero-order valence-electron chi connectivity index (χ0n) is 8.77. The number of alkyl halides is 1. The van der Waals surface area contributed by atoms with Crippen LogP contribution in [0.25, 0.3) is 0 Å². The highest BCUT2D eigenvalue weighted by molar-refractivity contribution is 14.1. The molecule has 0 aromatic heterocycles. The standard InChI is InChI=1S/C11H12ClFINO/c1-2-7(12)6-15-11(16)9-4-3-8(13)5-10(9)14/h3-5,7H,2,6H2,1H3,(H,15,16). The van der Waals surface area contributed by atoms with Crippen LogP contribution in [0, 0.1) is 9.39 Å². The summed E-state index contributed by atoms with van der Waals surface area (Å²) in [5.41, 5.74) is 0.474. The minimum Gasteiger partial charge on any atom is -0.351 e. The smallest absolute Gasteiger partial charge is 0.252 e. The van der Waals surface area contributed by atoms with Crippen LogP contribution in [-0.4, -0.2) is 17.8 Å². The van der Waals surface area contributed by atoms with Crippen LogP contribution in [0.1, 0.15) is 23.7 Å². The van der Waals surface area contributed by atoms with E-state index in [0.717, 1.165) is 6.42 Å². The summed E-state index contributed by atoms with van der Waals surface area (Å²) < 4.78 is 13.4. The second kappa shape index (κ2) is 6.39. The van der Waals surface area contributed by atoms with Gasteiger partial charge in [0.05, 0.1) is 10.9 Å². The van der Waals surface area contributed by atoms with Gasteiger partial charge in [-0.05, 0) is 47.2 Å². The molecule has 2 nitrogen and oxygen atoms in total. The molecule has 1 atom stereocenters. The first-order valence-corrected chi connectivity index (χ1v) is 6.43. The summed E-state index contributed by atoms with van der Waals surface area (Å²) in [5, 5.41) is 2.64. The van der Waals surface area contributed by atoms with E-state index in [1.165, 1.54) is 18.2 Å². The maximum Gasteiger partial charge on any atom is 0.252 e. The Balaban J connectivity index is 2.66. The van der Waals surface area contributed by atoms with E-state index in [9.17, 15) is 9.18 Å². The molecule has 1 aromatic carbocycles. The van der Waals surface area contributed by atoms with Crippen LogP contribution >= 0.6 is 34.2 Å². The Hall–Kier alpha value is -0.360. The molecule has 88 valence electrons. The molecular weight excluding hydrogens is 343 g/mol. The predicted octanol–water partition coefficient (Wildman–Crippen LogP) is 3.18. The number of carbonyl (C=O) groups excluding carboxylic acids is 1. The van der Waals surface area contributed by atoms with E-state index in [2.05, 4.69) is 5.32 Å². The average Bonchev–Trinajstić information content (AvgIpc) is 2.25. The van der Waals surface area contributed by atoms with Gasteiger partial charge in [0.25, 0.3) is 5.91 Å². The fraction of sp³-hybridized carbons (Fsp3) is 0.364. The van der Waals surface area contributed by atoms with Crippen molar-refractivity contribution in [2.75, 3.05) is 6.54 Å². The van der Waals surface area contributed by atoms with Crippen molar-refractivity contribution in [3.05, 3.63) is 33.1 Å². The Morgan fingerprint density at radius 3 is 2.88 bits per heavy atom. The summed E-state index contributed by atoms with van der Waals surface area (Å²) in [6, 6.07) is 4.07. The van der Waals surface area contributed by atoms with Crippen LogP contribution < -0.4 is 5.32 Å². The van der Waals surface area contributed by atoms with E-state index < -0.39 is 0 Å². The number of hydrogen-bond acceptors (Lipinski definition) is 1. The van der Waals surface area contributed by atoms with E-state index in [0.29, 0.717) is 15.7 Å². The predicted molar refractivity (Wildman–Crippen MR) is 71.4 cm³/mol. The summed E-state index contributed by atoms with van der Waals surface area (Å²) in [6.07, 6.45) is 0.794. The van der Waals surface area contributed by atoms with E-state index >= 15 is 0 Å². The van der Waals surface area contributed by atoms with Gasteiger partial charge in [-0.2, -0.15) is 0 Å². The van der Waals surface area contributed by atoms with Crippen molar-refractivity contribution in [3.63, 3.8) is 0 Å². The van der Waals surface area contributed by atoms with Crippen LogP contribution in [0.3, 0.4) is 0 Å². The minimum absolute atomic E-state index is 0.0675. The maximum absolute atomic E-state index is 12.8. The summed E-state index contributed by atoms with van der Waals surface area (Å²) in [4.78, 5) is 11.7. The number of carbonyl (C=O) groups is 1. The molecule has 0 saturated heterocycles. The average molecular weight is 356 g/mol. The Morgan fingerprint density at radius 2 is 2.31 bits per heavy atom. The maximum atomic E-state index is 12.8. The fourth-order valence-electron chi connectivity index (χ4n) is 1.12. The van der Waals surface area contributed by atoms with Crippen molar-refractivity contribution >= 4 is 40.1 Å². The van der Waals surface area contributed by atoms with Crippen LogP contribution in [0.5, 0.6) is 0 Å². The van der Waals surface area contributed by atoms with Crippen molar-refractivity contribution < 1.29 is 9.18 Å². The first-order valence-electron chi connectivity index (χ1n) is 4.92. The highest BCUT2D eigenvalue weighted by atomic mass is 127. The third kappa shape index (κ3) is 3.90. The van der Waals surface area contributed by atoms with Crippen LogP contribution in [-0.2, 0) is 0 Å². The zero-order chi connectivity index (χ0) is 12.1. The largest absolute Gasteiger partial charge is 0.351 e. The Labute approximate surface area is 113 Å². The van der Waals surface area contributed by atoms with E-state index in [4.69, 9.17) is 11.6 Å². The third-order valence-electron chi connectivity index (χ3n) is 2.10. The number of rotatable bonds is 4. The zero-order valence-corrected chi connectivity index (χ0v) is 11.7. The lowest BCUT2D eigenvalue weighted by Crippen LogP contribution is -2.30. The molecule has 1 amide bonds. The first-order chi connectivity index (χ1) is 7.54. The van der Waals surface area contributed by atoms with E-state index in [1.807, 2.05) is 29.5 Å². The molecule has 0 bridgehead atoms. The third-order valence-corrected chi connectivity index (χ3v) is 3.46. The molecule has 0 spiro atoms. The van der Waals surface area contributed by atoms with E-state index in [-0.39, 0.29) is 17.1 Å². The number of halogens is 3. The molecular formula is C11H12ClFINO. The molecule has 1 aromatic rings. The molecule has 0 aliphatic rings. The van der Waals surface area contributed by atoms with Crippen molar-refractivity contribution in [2.24, 2.45) is 0 Å². The summed E-state index contributed by atoms with van der Waals surface area (Å²) in [5.74, 6) is -0.562. The molecule has 0 aliphatic carbocycles. The van der Waals surface area contributed by atoms with Gasteiger partial charge in [-0.3, -0.25) is 4.79 Å². The van der Waals surface area contributed by atoms with Gasteiger partial charge in [-0.1, -0.05) is 6.92 Å². The molecule has 0 radical (unpaired) electrons. The number of amides is 1. The number of benzene rings is 1. The second-order valence-corrected chi connectivity index (χ2v) is 5.12. The molecule has 0 fully saturated rings. The van der Waals surface area contributed by atoms with Gasteiger partial charge in [-0.15, -0.1) is 11.6 Å². The Bertz CT molecular complexity index is 386. The quantitative estimate of drug-likeness (QED) is 0.652. The number of nitrogens with one attached hydrogen (secondary N) is 1. The second-order valence-electron chi connectivity index (χ2n) is 3.34. The van der Waals surface area contributed by atoms with Gasteiger partial charge < -0.3 is 5.32 Å². The van der Waals surface area contributed by atoms with Gasteiger partial charge in [0.2, 0.25) is 0 Å². The van der Waals surface area contributed by atoms with Gasteiger partial charge >= 0.3 is 0 Å². The highest BCUT2D eigenvalue weighted by Crippen LogP contribution is 2.13. The summed E-state index contributed by atoms with van der Waals surface area (Å²) >= 11 is 7.82. The minimum atomic E-state index is -0.343. The van der Waals surface area contributed by atoms with Crippen LogP contribution in [0.2, 0.25) is 0 Å². The lowest BCUT2D eigenvalue weighted by molar-refractivity contribution is 0.0952. The SMILES string of the molecule is CCC(Cl)CNC(=O)c1ccc(F)cc1I. The Kier molecular flexibility index (Phi) is 5.48. The molecule has 0 aliphatic heterocycles. The fourth-order valence-corrected chi connectivity index (χ4v) is 1.92. The van der Waals surface area contributed by atoms with Crippen molar-refractivity contribution in [1.29, 1.82) is 0 Å². The van der Waals surface area contributed by atoms with Crippen molar-refractivity contribution in [2.45, 2.75) is 18.7 Å². The Morgan fingerprint density at radius 1 is 1.62 bits per heavy atom. The topological polar surface area (TPSA) is 29.1 Å². The summed E-state index contributed by atoms with van der Waals surface area (Å²) in [6.45, 7) is 2.37. The van der Waals surface area contributed by atoms with Gasteiger partial charge in [0.1, 0.15) is 5.82 Å². The monoisotopic (exact) mass is 355 g/mol. The molecule has 1 rings (SSSR count). The lowest BCUT2D eigenvalue weighted by Gasteiger charge is -2.09. The molecule has 0 saturated carbocycles. The van der Waals surface area contributed by atoms with Crippen molar-refractivity contribution in [1.82, 2.24) is 5.32 Å². The molecule has 0 heterocycles. The number of hydrogen-bond donors (Lipinski definition) is 1.